The summed E-state index contributed by atoms with van der Waals surface area (Å²) in [6.45, 7) is 0.469. The molecule has 6 aromatic rings. The number of fused-ring (bicyclic) bond motifs is 4. The number of para-hydroxylation sites is 1. The molecule has 0 amide bonds. The normalized spacial score (nSPS) is 16.5. The summed E-state index contributed by atoms with van der Waals surface area (Å²) >= 11 is 0. The lowest BCUT2D eigenvalue weighted by molar-refractivity contribution is 0.777. The summed E-state index contributed by atoms with van der Waals surface area (Å²) < 4.78 is 2.32. The lowest BCUT2D eigenvalue weighted by Gasteiger charge is -2.25. The van der Waals surface area contributed by atoms with E-state index in [0.717, 1.165) is 39.7 Å². The molecule has 2 N–H and O–H groups in total. The SMILES string of the molecule is NC(=NC(=NCC1=CC2=CC=CCC2C=C1c1ccc(-n2c3ccccc3c3cnccc32)cc1)c1ccccc1)c1ccccc1. The number of benzene rings is 4. The molecule has 2 heterocycles. The third-order valence-electron chi connectivity index (χ3n) is 8.94. The highest BCUT2D eigenvalue weighted by Gasteiger charge is 2.22. The fraction of sp³-hybridized carbons (Fsp3) is 0.0714. The number of amidine groups is 2. The molecule has 2 aromatic heterocycles. The highest BCUT2D eigenvalue weighted by Crippen LogP contribution is 2.38. The molecular formula is C42H33N5. The van der Waals surface area contributed by atoms with Gasteiger partial charge in [-0.05, 0) is 53.0 Å². The fourth-order valence-electron chi connectivity index (χ4n) is 6.59. The van der Waals surface area contributed by atoms with Gasteiger partial charge in [0.25, 0.3) is 0 Å². The molecule has 47 heavy (non-hydrogen) atoms. The second-order valence-electron chi connectivity index (χ2n) is 11.8. The predicted octanol–water partition coefficient (Wildman–Crippen LogP) is 8.86. The third kappa shape index (κ3) is 5.53. The van der Waals surface area contributed by atoms with Crippen LogP contribution in [-0.4, -0.2) is 27.8 Å². The fourth-order valence-corrected chi connectivity index (χ4v) is 6.59. The van der Waals surface area contributed by atoms with Crippen LogP contribution in [0.4, 0.5) is 0 Å². The van der Waals surface area contributed by atoms with Gasteiger partial charge in [0.15, 0.2) is 5.84 Å². The zero-order valence-electron chi connectivity index (χ0n) is 25.9. The molecule has 0 spiro atoms. The molecule has 0 radical (unpaired) electrons. The van der Waals surface area contributed by atoms with Crippen molar-refractivity contribution >= 4 is 39.1 Å². The van der Waals surface area contributed by atoms with Gasteiger partial charge in [0, 0.05) is 45.9 Å². The standard InChI is InChI=1S/C42H33N5/c43-41(30-11-3-1-4-12-30)46-42(31-13-5-2-6-14-31)45-27-34-25-32-15-7-8-16-33(32)26-37(34)29-19-21-35(22-20-29)47-39-18-10-9-17-36(39)38-28-44-24-23-40(38)47/h1-15,17-26,28,33H,16,27H2,(H2,43,45,46). The van der Waals surface area contributed by atoms with E-state index in [2.05, 4.69) is 94.5 Å². The van der Waals surface area contributed by atoms with Crippen molar-refractivity contribution in [2.75, 3.05) is 6.54 Å². The molecule has 1 unspecified atom stereocenters. The highest BCUT2D eigenvalue weighted by molar-refractivity contribution is 6.11. The van der Waals surface area contributed by atoms with Crippen molar-refractivity contribution in [1.29, 1.82) is 0 Å². The Morgan fingerprint density at radius 1 is 0.787 bits per heavy atom. The number of nitrogens with zero attached hydrogens (tertiary/aromatic N) is 4. The smallest absolute Gasteiger partial charge is 0.157 e. The lowest BCUT2D eigenvalue weighted by Crippen LogP contribution is -2.17. The molecular weight excluding hydrogens is 574 g/mol. The Morgan fingerprint density at radius 2 is 1.51 bits per heavy atom. The number of rotatable bonds is 6. The van der Waals surface area contributed by atoms with E-state index in [1.807, 2.05) is 73.1 Å². The van der Waals surface area contributed by atoms with Gasteiger partial charge in [-0.3, -0.25) is 9.98 Å². The van der Waals surface area contributed by atoms with Crippen LogP contribution in [0.3, 0.4) is 0 Å². The van der Waals surface area contributed by atoms with Crippen molar-refractivity contribution in [2.24, 2.45) is 21.6 Å². The van der Waals surface area contributed by atoms with E-state index in [1.165, 1.54) is 27.6 Å². The number of hydrogen-bond donors (Lipinski definition) is 1. The minimum Gasteiger partial charge on any atom is -0.383 e. The quantitative estimate of drug-likeness (QED) is 0.152. The van der Waals surface area contributed by atoms with Crippen LogP contribution in [0.1, 0.15) is 23.1 Å². The summed E-state index contributed by atoms with van der Waals surface area (Å²) in [6, 6.07) is 39.4. The average molecular weight is 608 g/mol. The molecule has 0 saturated heterocycles. The first kappa shape index (κ1) is 28.4. The lowest BCUT2D eigenvalue weighted by atomic mass is 9.80. The number of aliphatic imine (C=N–C) groups is 2. The van der Waals surface area contributed by atoms with Crippen LogP contribution in [0.15, 0.2) is 179 Å². The van der Waals surface area contributed by atoms with Crippen LogP contribution in [0, 0.1) is 5.92 Å². The maximum Gasteiger partial charge on any atom is 0.157 e. The molecule has 226 valence electrons. The van der Waals surface area contributed by atoms with Gasteiger partial charge >= 0.3 is 0 Å². The third-order valence-corrected chi connectivity index (χ3v) is 8.94. The van der Waals surface area contributed by atoms with Gasteiger partial charge in [0.1, 0.15) is 5.84 Å². The number of nitrogens with two attached hydrogens (primary N) is 1. The van der Waals surface area contributed by atoms with E-state index in [-0.39, 0.29) is 0 Å². The molecule has 1 atom stereocenters. The summed E-state index contributed by atoms with van der Waals surface area (Å²) in [5.74, 6) is 1.40. The minimum atomic E-state index is 0.340. The van der Waals surface area contributed by atoms with Crippen molar-refractivity contribution in [3.8, 4) is 5.69 Å². The van der Waals surface area contributed by atoms with Crippen LogP contribution < -0.4 is 5.73 Å². The van der Waals surface area contributed by atoms with E-state index in [1.54, 1.807) is 0 Å². The second kappa shape index (κ2) is 12.4. The summed E-state index contributed by atoms with van der Waals surface area (Å²) in [7, 11) is 0. The van der Waals surface area contributed by atoms with Gasteiger partial charge in [-0.25, -0.2) is 4.99 Å². The number of hydrogen-bond acceptors (Lipinski definition) is 2. The Kier molecular flexibility index (Phi) is 7.48. The van der Waals surface area contributed by atoms with Gasteiger partial charge in [-0.15, -0.1) is 0 Å². The first-order valence-electron chi connectivity index (χ1n) is 16.0. The average Bonchev–Trinajstić information content (AvgIpc) is 3.48. The number of aromatic nitrogens is 2. The molecule has 0 fully saturated rings. The molecule has 0 bridgehead atoms. The summed E-state index contributed by atoms with van der Waals surface area (Å²) in [5.41, 5.74) is 16.6. The van der Waals surface area contributed by atoms with Crippen LogP contribution >= 0.6 is 0 Å². The predicted molar refractivity (Wildman–Crippen MR) is 195 cm³/mol. The Morgan fingerprint density at radius 3 is 2.32 bits per heavy atom. The van der Waals surface area contributed by atoms with Gasteiger partial charge in [-0.1, -0.05) is 121 Å². The molecule has 0 saturated carbocycles. The van der Waals surface area contributed by atoms with Gasteiger partial charge in [-0.2, -0.15) is 0 Å². The van der Waals surface area contributed by atoms with Crippen LogP contribution in [0.5, 0.6) is 0 Å². The van der Waals surface area contributed by atoms with Gasteiger partial charge in [0.05, 0.1) is 17.6 Å². The molecule has 0 aliphatic heterocycles. The zero-order valence-corrected chi connectivity index (χ0v) is 25.9. The van der Waals surface area contributed by atoms with Crippen LogP contribution in [0.25, 0.3) is 33.1 Å². The highest BCUT2D eigenvalue weighted by atomic mass is 15.0. The summed E-state index contributed by atoms with van der Waals surface area (Å²) in [6.07, 6.45) is 16.1. The Balaban J connectivity index is 1.18. The zero-order chi connectivity index (χ0) is 31.6. The van der Waals surface area contributed by atoms with Crippen molar-refractivity contribution in [2.45, 2.75) is 6.42 Å². The first-order valence-corrected chi connectivity index (χ1v) is 16.0. The molecule has 5 heteroatoms. The summed E-state index contributed by atoms with van der Waals surface area (Å²) in [4.78, 5) is 14.3. The number of allylic oxidation sites excluding steroid dienone is 6. The van der Waals surface area contributed by atoms with E-state index in [9.17, 15) is 0 Å². The number of pyridine rings is 1. The van der Waals surface area contributed by atoms with Crippen molar-refractivity contribution in [1.82, 2.24) is 9.55 Å². The first-order chi connectivity index (χ1) is 23.2. The molecule has 2 aliphatic rings. The van der Waals surface area contributed by atoms with E-state index in [0.29, 0.717) is 24.1 Å². The van der Waals surface area contributed by atoms with Crippen molar-refractivity contribution in [3.05, 3.63) is 186 Å². The van der Waals surface area contributed by atoms with Gasteiger partial charge in [0.2, 0.25) is 0 Å². The molecule has 4 aromatic carbocycles. The van der Waals surface area contributed by atoms with Crippen LogP contribution in [-0.2, 0) is 0 Å². The van der Waals surface area contributed by atoms with Gasteiger partial charge < -0.3 is 10.3 Å². The Bertz CT molecular complexity index is 2230. The summed E-state index contributed by atoms with van der Waals surface area (Å²) in [5, 5.41) is 2.35. The van der Waals surface area contributed by atoms with Crippen LogP contribution in [0.2, 0.25) is 0 Å². The van der Waals surface area contributed by atoms with E-state index in [4.69, 9.17) is 15.7 Å². The molecule has 8 rings (SSSR count). The molecule has 2 aliphatic carbocycles. The minimum absolute atomic E-state index is 0.340. The maximum absolute atomic E-state index is 6.49. The van der Waals surface area contributed by atoms with Crippen molar-refractivity contribution in [3.63, 3.8) is 0 Å². The van der Waals surface area contributed by atoms with E-state index >= 15 is 0 Å². The maximum atomic E-state index is 6.49. The largest absolute Gasteiger partial charge is 0.383 e. The monoisotopic (exact) mass is 607 g/mol. The Labute approximate surface area is 274 Å². The van der Waals surface area contributed by atoms with Crippen molar-refractivity contribution < 1.29 is 0 Å². The Hall–Kier alpha value is -6.07. The molecule has 5 nitrogen and oxygen atoms in total. The second-order valence-corrected chi connectivity index (χ2v) is 11.8. The van der Waals surface area contributed by atoms with E-state index < -0.39 is 0 Å². The topological polar surface area (TPSA) is 68.6 Å².